The summed E-state index contributed by atoms with van der Waals surface area (Å²) >= 11 is 11.3. The number of aryl methyl sites for hydroxylation is 1. The summed E-state index contributed by atoms with van der Waals surface area (Å²) in [6.45, 7) is 2.07. The van der Waals surface area contributed by atoms with Crippen LogP contribution in [0.4, 0.5) is 0 Å². The Morgan fingerprint density at radius 3 is 2.67 bits per heavy atom. The van der Waals surface area contributed by atoms with Crippen LogP contribution in [0, 0.1) is 6.92 Å². The molecule has 0 saturated heterocycles. The Kier molecular flexibility index (Phi) is 4.24. The second kappa shape index (κ2) is 6.39. The first-order valence-corrected chi connectivity index (χ1v) is 9.59. The average molecular weight is 419 g/mol. The third kappa shape index (κ3) is 2.92. The lowest BCUT2D eigenvalue weighted by Gasteiger charge is -2.08. The van der Waals surface area contributed by atoms with Crippen LogP contribution in [0.2, 0.25) is 5.02 Å². The van der Waals surface area contributed by atoms with Gasteiger partial charge >= 0.3 is 0 Å². The maximum Gasteiger partial charge on any atom is 0.196 e. The summed E-state index contributed by atoms with van der Waals surface area (Å²) < 4.78 is 3.19. The Bertz CT molecular complexity index is 1040. The molecule has 0 aliphatic carbocycles. The molecule has 0 radical (unpaired) electrons. The van der Waals surface area contributed by atoms with E-state index in [1.165, 1.54) is 5.56 Å². The van der Waals surface area contributed by atoms with Crippen LogP contribution in [0.5, 0.6) is 0 Å². The number of hydrogen-bond acceptors (Lipinski definition) is 3. The first kappa shape index (κ1) is 15.9. The van der Waals surface area contributed by atoms with E-state index in [0.717, 1.165) is 42.5 Å². The van der Waals surface area contributed by atoms with E-state index >= 15 is 0 Å². The van der Waals surface area contributed by atoms with Crippen molar-refractivity contribution in [1.82, 2.24) is 14.6 Å². The Morgan fingerprint density at radius 1 is 1.08 bits per heavy atom. The summed E-state index contributed by atoms with van der Waals surface area (Å²) in [4.78, 5) is 0. The van der Waals surface area contributed by atoms with Crippen molar-refractivity contribution in [2.45, 2.75) is 17.8 Å². The molecule has 6 heteroatoms. The van der Waals surface area contributed by atoms with Gasteiger partial charge in [-0.25, -0.2) is 0 Å². The summed E-state index contributed by atoms with van der Waals surface area (Å²) in [6, 6.07) is 16.3. The average Bonchev–Trinajstić information content (AvgIpc) is 2.97. The van der Waals surface area contributed by atoms with Crippen molar-refractivity contribution in [2.24, 2.45) is 0 Å². The zero-order chi connectivity index (χ0) is 16.7. The molecule has 0 unspecified atom stereocenters. The van der Waals surface area contributed by atoms with Gasteiger partial charge < -0.3 is 0 Å². The van der Waals surface area contributed by atoms with Gasteiger partial charge in [-0.1, -0.05) is 51.4 Å². The van der Waals surface area contributed by atoms with Gasteiger partial charge in [0.25, 0.3) is 0 Å². The summed E-state index contributed by atoms with van der Waals surface area (Å²) in [6.07, 6.45) is 0. The number of rotatable bonds is 3. The Hall–Kier alpha value is -1.56. The van der Waals surface area contributed by atoms with Crippen LogP contribution in [-0.2, 0) is 5.75 Å². The SMILES string of the molecule is Cc1cc2nnc(SCc3ccc(Br)cc3)n2c2ccc(Cl)cc12. The van der Waals surface area contributed by atoms with Gasteiger partial charge in [0.15, 0.2) is 10.8 Å². The highest BCUT2D eigenvalue weighted by molar-refractivity contribution is 9.10. The monoisotopic (exact) mass is 417 g/mol. The van der Waals surface area contributed by atoms with Crippen LogP contribution in [0.15, 0.2) is 58.2 Å². The van der Waals surface area contributed by atoms with E-state index in [-0.39, 0.29) is 0 Å². The molecular weight excluding hydrogens is 406 g/mol. The van der Waals surface area contributed by atoms with Crippen molar-refractivity contribution >= 4 is 55.8 Å². The van der Waals surface area contributed by atoms with Gasteiger partial charge in [-0.05, 0) is 54.4 Å². The lowest BCUT2D eigenvalue weighted by molar-refractivity contribution is 0.939. The van der Waals surface area contributed by atoms with E-state index in [1.807, 2.05) is 18.2 Å². The molecule has 3 nitrogen and oxygen atoms in total. The molecule has 0 saturated carbocycles. The van der Waals surface area contributed by atoms with Gasteiger partial charge in [-0.2, -0.15) is 0 Å². The molecule has 2 aromatic heterocycles. The normalized spacial score (nSPS) is 11.5. The minimum absolute atomic E-state index is 0.738. The molecule has 120 valence electrons. The van der Waals surface area contributed by atoms with Gasteiger partial charge in [0.05, 0.1) is 5.52 Å². The smallest absolute Gasteiger partial charge is 0.196 e. The van der Waals surface area contributed by atoms with Crippen LogP contribution < -0.4 is 0 Å². The highest BCUT2D eigenvalue weighted by Gasteiger charge is 2.12. The van der Waals surface area contributed by atoms with Crippen molar-refractivity contribution in [2.75, 3.05) is 0 Å². The third-order valence-electron chi connectivity index (χ3n) is 3.91. The summed E-state index contributed by atoms with van der Waals surface area (Å²) in [7, 11) is 0. The minimum Gasteiger partial charge on any atom is -0.270 e. The standard InChI is InChI=1S/C18H13BrClN3S/c1-11-8-17-21-22-18(24-10-12-2-4-13(19)5-3-12)23(17)16-7-6-14(20)9-15(11)16/h2-9H,10H2,1H3. The van der Waals surface area contributed by atoms with E-state index in [0.29, 0.717) is 0 Å². The van der Waals surface area contributed by atoms with E-state index in [2.05, 4.69) is 67.8 Å². The molecule has 2 aromatic carbocycles. The lowest BCUT2D eigenvalue weighted by atomic mass is 10.1. The van der Waals surface area contributed by atoms with Crippen molar-refractivity contribution < 1.29 is 0 Å². The van der Waals surface area contributed by atoms with Gasteiger partial charge in [0.1, 0.15) is 0 Å². The number of aromatic nitrogens is 3. The third-order valence-corrected chi connectivity index (χ3v) is 5.67. The minimum atomic E-state index is 0.738. The number of halogens is 2. The molecule has 0 N–H and O–H groups in total. The topological polar surface area (TPSA) is 30.2 Å². The molecule has 0 aliphatic rings. The Morgan fingerprint density at radius 2 is 1.88 bits per heavy atom. The molecule has 2 heterocycles. The molecule has 0 amide bonds. The molecular formula is C18H13BrClN3S. The van der Waals surface area contributed by atoms with Crippen molar-refractivity contribution in [1.29, 1.82) is 0 Å². The number of nitrogens with zero attached hydrogens (tertiary/aromatic N) is 3. The zero-order valence-electron chi connectivity index (χ0n) is 12.8. The van der Waals surface area contributed by atoms with E-state index in [1.54, 1.807) is 11.8 Å². The quantitative estimate of drug-likeness (QED) is 0.388. The first-order valence-electron chi connectivity index (χ1n) is 7.43. The van der Waals surface area contributed by atoms with Gasteiger partial charge in [0, 0.05) is 20.6 Å². The summed E-state index contributed by atoms with van der Waals surface area (Å²) in [5.41, 5.74) is 4.34. The van der Waals surface area contributed by atoms with Gasteiger partial charge in [-0.3, -0.25) is 4.40 Å². The van der Waals surface area contributed by atoms with E-state index in [4.69, 9.17) is 11.6 Å². The maximum absolute atomic E-state index is 6.16. The second-order valence-electron chi connectivity index (χ2n) is 5.58. The van der Waals surface area contributed by atoms with Crippen LogP contribution in [0.1, 0.15) is 11.1 Å². The van der Waals surface area contributed by atoms with Gasteiger partial charge in [0.2, 0.25) is 0 Å². The van der Waals surface area contributed by atoms with Crippen LogP contribution in [0.25, 0.3) is 16.6 Å². The predicted molar refractivity (Wildman–Crippen MR) is 104 cm³/mol. The van der Waals surface area contributed by atoms with Crippen molar-refractivity contribution in [3.8, 4) is 0 Å². The number of benzene rings is 2. The molecule has 4 rings (SSSR count). The fourth-order valence-electron chi connectivity index (χ4n) is 2.71. The fourth-order valence-corrected chi connectivity index (χ4v) is 4.06. The number of hydrogen-bond donors (Lipinski definition) is 0. The molecule has 0 atom stereocenters. The number of pyridine rings is 1. The van der Waals surface area contributed by atoms with Crippen molar-refractivity contribution in [3.63, 3.8) is 0 Å². The van der Waals surface area contributed by atoms with Crippen molar-refractivity contribution in [3.05, 3.63) is 69.2 Å². The fraction of sp³-hybridized carbons (Fsp3) is 0.111. The molecule has 0 spiro atoms. The molecule has 0 aliphatic heterocycles. The highest BCUT2D eigenvalue weighted by Crippen LogP contribution is 2.29. The largest absolute Gasteiger partial charge is 0.270 e. The highest BCUT2D eigenvalue weighted by atomic mass is 79.9. The Labute approximate surface area is 157 Å². The maximum atomic E-state index is 6.16. The predicted octanol–water partition coefficient (Wildman–Crippen LogP) is 5.90. The van der Waals surface area contributed by atoms with Crippen LogP contribution in [-0.4, -0.2) is 14.6 Å². The lowest BCUT2D eigenvalue weighted by Crippen LogP contribution is -1.93. The molecule has 4 aromatic rings. The summed E-state index contributed by atoms with van der Waals surface area (Å²) in [5.74, 6) is 0.844. The van der Waals surface area contributed by atoms with Crippen LogP contribution in [0.3, 0.4) is 0 Å². The molecule has 0 fully saturated rings. The summed E-state index contributed by atoms with van der Waals surface area (Å²) in [5, 5.41) is 11.5. The molecule has 24 heavy (non-hydrogen) atoms. The molecule has 0 bridgehead atoms. The number of thioether (sulfide) groups is 1. The number of fused-ring (bicyclic) bond motifs is 3. The van der Waals surface area contributed by atoms with E-state index in [9.17, 15) is 0 Å². The second-order valence-corrected chi connectivity index (χ2v) is 7.87. The van der Waals surface area contributed by atoms with E-state index < -0.39 is 0 Å². The first-order chi connectivity index (χ1) is 11.6. The van der Waals surface area contributed by atoms with Crippen LogP contribution >= 0.6 is 39.3 Å². The zero-order valence-corrected chi connectivity index (χ0v) is 16.0. The Balaban J connectivity index is 1.77. The van der Waals surface area contributed by atoms with Gasteiger partial charge in [-0.15, -0.1) is 10.2 Å².